The van der Waals surface area contributed by atoms with Gasteiger partial charge < -0.3 is 10.2 Å². The second kappa shape index (κ2) is 7.36. The molecule has 2 aliphatic heterocycles. The summed E-state index contributed by atoms with van der Waals surface area (Å²) in [6, 6.07) is 0.0851. The highest BCUT2D eigenvalue weighted by molar-refractivity contribution is 7.99. The number of carbonyl (C=O) groups excluding carboxylic acids is 1. The molecule has 0 saturated carbocycles. The van der Waals surface area contributed by atoms with Gasteiger partial charge >= 0.3 is 0 Å². The van der Waals surface area contributed by atoms with Crippen molar-refractivity contribution < 1.29 is 4.79 Å². The van der Waals surface area contributed by atoms with E-state index in [0.29, 0.717) is 5.91 Å². The maximum absolute atomic E-state index is 12.1. The van der Waals surface area contributed by atoms with Crippen molar-refractivity contribution in [2.45, 2.75) is 25.8 Å². The molecule has 2 fully saturated rings. The molecule has 0 spiro atoms. The van der Waals surface area contributed by atoms with Gasteiger partial charge in [-0.2, -0.15) is 11.8 Å². The maximum atomic E-state index is 12.1. The molecule has 2 rings (SSSR count). The van der Waals surface area contributed by atoms with Crippen molar-refractivity contribution in [2.24, 2.45) is 0 Å². The average Bonchev–Trinajstić information content (AvgIpc) is 2.76. The molecule has 0 aromatic carbocycles. The SMILES string of the molecule is CCCNC1CCN(CCN2CCSCC2)C1=O. The summed E-state index contributed by atoms with van der Waals surface area (Å²) in [5.41, 5.74) is 0. The van der Waals surface area contributed by atoms with E-state index in [1.807, 2.05) is 16.7 Å². The number of carbonyl (C=O) groups is 1. The minimum Gasteiger partial charge on any atom is -0.340 e. The molecular weight excluding hydrogens is 246 g/mol. The van der Waals surface area contributed by atoms with Crippen LogP contribution in [0.1, 0.15) is 19.8 Å². The number of hydrogen-bond acceptors (Lipinski definition) is 4. The van der Waals surface area contributed by atoms with Crippen molar-refractivity contribution in [3.8, 4) is 0 Å². The Balaban J connectivity index is 1.68. The third-order valence-electron chi connectivity index (χ3n) is 3.73. The Kier molecular flexibility index (Phi) is 5.79. The molecule has 18 heavy (non-hydrogen) atoms. The molecule has 1 N–H and O–H groups in total. The molecule has 1 unspecified atom stereocenters. The summed E-state index contributed by atoms with van der Waals surface area (Å²) in [5, 5.41) is 3.34. The molecular formula is C13H25N3OS. The average molecular weight is 271 g/mol. The molecule has 2 saturated heterocycles. The normalized spacial score (nSPS) is 25.9. The number of likely N-dealkylation sites (tertiary alicyclic amines) is 1. The molecule has 5 heteroatoms. The molecule has 104 valence electrons. The van der Waals surface area contributed by atoms with Crippen molar-refractivity contribution in [2.75, 3.05) is 50.8 Å². The van der Waals surface area contributed by atoms with E-state index in [9.17, 15) is 4.79 Å². The Morgan fingerprint density at radius 3 is 2.78 bits per heavy atom. The zero-order chi connectivity index (χ0) is 12.8. The van der Waals surface area contributed by atoms with Crippen LogP contribution < -0.4 is 5.32 Å². The highest BCUT2D eigenvalue weighted by atomic mass is 32.2. The number of nitrogens with one attached hydrogen (secondary N) is 1. The van der Waals surface area contributed by atoms with Crippen molar-refractivity contribution >= 4 is 17.7 Å². The van der Waals surface area contributed by atoms with Crippen LogP contribution in [0.15, 0.2) is 0 Å². The highest BCUT2D eigenvalue weighted by Crippen LogP contribution is 2.13. The Hall–Kier alpha value is -0.260. The summed E-state index contributed by atoms with van der Waals surface area (Å²) in [7, 11) is 0. The largest absolute Gasteiger partial charge is 0.340 e. The van der Waals surface area contributed by atoms with E-state index in [-0.39, 0.29) is 6.04 Å². The first-order chi connectivity index (χ1) is 8.81. The van der Waals surface area contributed by atoms with E-state index in [0.717, 1.165) is 39.0 Å². The first kappa shape index (κ1) is 14.2. The lowest BCUT2D eigenvalue weighted by Crippen LogP contribution is -2.43. The van der Waals surface area contributed by atoms with Crippen LogP contribution in [0.3, 0.4) is 0 Å². The van der Waals surface area contributed by atoms with Gasteiger partial charge in [-0.3, -0.25) is 9.69 Å². The third-order valence-corrected chi connectivity index (χ3v) is 4.67. The molecule has 0 bridgehead atoms. The highest BCUT2D eigenvalue weighted by Gasteiger charge is 2.30. The molecule has 0 aromatic rings. The molecule has 0 radical (unpaired) electrons. The zero-order valence-electron chi connectivity index (χ0n) is 11.4. The molecule has 0 aromatic heterocycles. The molecule has 0 aliphatic carbocycles. The van der Waals surface area contributed by atoms with Crippen LogP contribution in [-0.2, 0) is 4.79 Å². The van der Waals surface area contributed by atoms with Crippen LogP contribution in [0.2, 0.25) is 0 Å². The van der Waals surface area contributed by atoms with Crippen LogP contribution >= 0.6 is 11.8 Å². The predicted molar refractivity (Wildman–Crippen MR) is 77.0 cm³/mol. The Morgan fingerprint density at radius 1 is 1.28 bits per heavy atom. The van der Waals surface area contributed by atoms with Gasteiger partial charge in [0.25, 0.3) is 0 Å². The van der Waals surface area contributed by atoms with Gasteiger partial charge in [0.05, 0.1) is 6.04 Å². The monoisotopic (exact) mass is 271 g/mol. The Labute approximate surface area is 114 Å². The smallest absolute Gasteiger partial charge is 0.239 e. The fourth-order valence-corrected chi connectivity index (χ4v) is 3.53. The van der Waals surface area contributed by atoms with Gasteiger partial charge in [0, 0.05) is 44.2 Å². The van der Waals surface area contributed by atoms with Gasteiger partial charge in [0.15, 0.2) is 0 Å². The minimum absolute atomic E-state index is 0.0851. The maximum Gasteiger partial charge on any atom is 0.239 e. The van der Waals surface area contributed by atoms with Gasteiger partial charge in [-0.15, -0.1) is 0 Å². The number of hydrogen-bond donors (Lipinski definition) is 1. The van der Waals surface area contributed by atoms with Crippen LogP contribution in [0.25, 0.3) is 0 Å². The van der Waals surface area contributed by atoms with Gasteiger partial charge in [-0.05, 0) is 19.4 Å². The zero-order valence-corrected chi connectivity index (χ0v) is 12.2. The van der Waals surface area contributed by atoms with Crippen molar-refractivity contribution in [3.05, 3.63) is 0 Å². The first-order valence-electron chi connectivity index (χ1n) is 7.13. The Morgan fingerprint density at radius 2 is 2.06 bits per heavy atom. The van der Waals surface area contributed by atoms with Crippen LogP contribution in [0.4, 0.5) is 0 Å². The molecule has 2 aliphatic rings. The lowest BCUT2D eigenvalue weighted by atomic mass is 10.2. The summed E-state index contributed by atoms with van der Waals surface area (Å²) in [6.45, 7) is 8.35. The van der Waals surface area contributed by atoms with Gasteiger partial charge in [-0.1, -0.05) is 6.92 Å². The number of amides is 1. The molecule has 1 amide bonds. The van der Waals surface area contributed by atoms with Gasteiger partial charge in [0.1, 0.15) is 0 Å². The number of nitrogens with zero attached hydrogens (tertiary/aromatic N) is 2. The third kappa shape index (κ3) is 3.87. The summed E-state index contributed by atoms with van der Waals surface area (Å²) in [5.74, 6) is 2.80. The van der Waals surface area contributed by atoms with E-state index in [1.165, 1.54) is 24.6 Å². The van der Waals surface area contributed by atoms with Gasteiger partial charge in [0.2, 0.25) is 5.91 Å². The number of rotatable bonds is 6. The van der Waals surface area contributed by atoms with E-state index in [4.69, 9.17) is 0 Å². The molecule has 1 atom stereocenters. The van der Waals surface area contributed by atoms with Crippen molar-refractivity contribution in [3.63, 3.8) is 0 Å². The van der Waals surface area contributed by atoms with E-state index in [1.54, 1.807) is 0 Å². The lowest BCUT2D eigenvalue weighted by molar-refractivity contribution is -0.129. The van der Waals surface area contributed by atoms with Crippen molar-refractivity contribution in [1.82, 2.24) is 15.1 Å². The summed E-state index contributed by atoms with van der Waals surface area (Å²) in [4.78, 5) is 16.6. The fourth-order valence-electron chi connectivity index (χ4n) is 2.56. The van der Waals surface area contributed by atoms with Gasteiger partial charge in [-0.25, -0.2) is 0 Å². The van der Waals surface area contributed by atoms with E-state index in [2.05, 4.69) is 17.1 Å². The summed E-state index contributed by atoms with van der Waals surface area (Å²) < 4.78 is 0. The van der Waals surface area contributed by atoms with Crippen molar-refractivity contribution in [1.29, 1.82) is 0 Å². The Bertz CT molecular complexity index is 269. The predicted octanol–water partition coefficient (Wildman–Crippen LogP) is 0.636. The second-order valence-corrected chi connectivity index (χ2v) is 6.30. The number of thioether (sulfide) groups is 1. The van der Waals surface area contributed by atoms with E-state index < -0.39 is 0 Å². The summed E-state index contributed by atoms with van der Waals surface area (Å²) in [6.07, 6.45) is 2.07. The molecule has 2 heterocycles. The lowest BCUT2D eigenvalue weighted by Gasteiger charge is -2.28. The topological polar surface area (TPSA) is 35.6 Å². The summed E-state index contributed by atoms with van der Waals surface area (Å²) >= 11 is 2.03. The van der Waals surface area contributed by atoms with E-state index >= 15 is 0 Å². The fraction of sp³-hybridized carbons (Fsp3) is 0.923. The minimum atomic E-state index is 0.0851. The second-order valence-electron chi connectivity index (χ2n) is 5.07. The van der Waals surface area contributed by atoms with Crippen LogP contribution in [-0.4, -0.2) is 72.5 Å². The quantitative estimate of drug-likeness (QED) is 0.769. The van der Waals surface area contributed by atoms with Crippen LogP contribution in [0, 0.1) is 0 Å². The molecule has 4 nitrogen and oxygen atoms in total. The van der Waals surface area contributed by atoms with Crippen LogP contribution in [0.5, 0.6) is 0 Å². The first-order valence-corrected chi connectivity index (χ1v) is 8.29. The standard InChI is InChI=1S/C13H25N3OS/c1-2-4-14-12-3-5-16(13(12)17)7-6-15-8-10-18-11-9-15/h12,14H,2-11H2,1H3.